The summed E-state index contributed by atoms with van der Waals surface area (Å²) in [6.07, 6.45) is 0. The summed E-state index contributed by atoms with van der Waals surface area (Å²) in [5.74, 6) is 2.30. The summed E-state index contributed by atoms with van der Waals surface area (Å²) in [6.45, 7) is 8.07. The van der Waals surface area contributed by atoms with Crippen molar-refractivity contribution in [2.45, 2.75) is 20.4 Å². The van der Waals surface area contributed by atoms with Gasteiger partial charge in [-0.1, -0.05) is 12.1 Å². The van der Waals surface area contributed by atoms with Crippen LogP contribution in [0.3, 0.4) is 0 Å². The van der Waals surface area contributed by atoms with Crippen LogP contribution in [0.15, 0.2) is 48.5 Å². The second-order valence-electron chi connectivity index (χ2n) is 7.70. The molecule has 1 aliphatic rings. The average molecular weight is 437 g/mol. The topological polar surface area (TPSA) is 85.6 Å². The van der Waals surface area contributed by atoms with Gasteiger partial charge in [-0.25, -0.2) is 0 Å². The first-order valence-corrected chi connectivity index (χ1v) is 10.8. The summed E-state index contributed by atoms with van der Waals surface area (Å²) >= 11 is 0. The van der Waals surface area contributed by atoms with E-state index in [0.717, 1.165) is 41.7 Å². The molecule has 1 amide bonds. The number of aromatic nitrogens is 4. The molecular weight excluding hydrogens is 408 g/mol. The molecule has 0 spiro atoms. The molecule has 32 heavy (non-hydrogen) atoms. The van der Waals surface area contributed by atoms with Crippen LogP contribution in [0.1, 0.15) is 18.3 Å². The molecule has 1 aliphatic heterocycles. The maximum atomic E-state index is 12.5. The van der Waals surface area contributed by atoms with E-state index in [2.05, 4.69) is 20.4 Å². The predicted octanol–water partition coefficient (Wildman–Crippen LogP) is 2.09. The van der Waals surface area contributed by atoms with E-state index in [-0.39, 0.29) is 12.5 Å². The molecule has 1 fully saturated rings. The van der Waals surface area contributed by atoms with Crippen LogP contribution in [0, 0.1) is 6.92 Å². The molecule has 3 aromatic rings. The third-order valence-corrected chi connectivity index (χ3v) is 5.37. The predicted molar refractivity (Wildman–Crippen MR) is 119 cm³/mol. The highest BCUT2D eigenvalue weighted by molar-refractivity contribution is 5.77. The van der Waals surface area contributed by atoms with Gasteiger partial charge >= 0.3 is 0 Å². The average Bonchev–Trinajstić information content (AvgIpc) is 3.27. The number of piperazine rings is 1. The molecule has 0 saturated carbocycles. The first-order valence-electron chi connectivity index (χ1n) is 10.8. The summed E-state index contributed by atoms with van der Waals surface area (Å²) in [5, 5.41) is 12.2. The van der Waals surface area contributed by atoms with Crippen LogP contribution in [-0.2, 0) is 11.3 Å². The number of carbonyl (C=O) groups excluding carboxylic acids is 1. The number of rotatable bonds is 8. The molecule has 9 heteroatoms. The van der Waals surface area contributed by atoms with Gasteiger partial charge in [0.05, 0.1) is 18.8 Å². The lowest BCUT2D eigenvalue weighted by Gasteiger charge is -2.34. The monoisotopic (exact) mass is 436 g/mol. The van der Waals surface area contributed by atoms with Gasteiger partial charge in [-0.05, 0) is 66.2 Å². The molecule has 168 valence electrons. The highest BCUT2D eigenvalue weighted by Crippen LogP contribution is 2.17. The summed E-state index contributed by atoms with van der Waals surface area (Å²) in [4.78, 5) is 16.6. The van der Waals surface area contributed by atoms with Crippen molar-refractivity contribution >= 4 is 5.91 Å². The number of hydrogen-bond donors (Lipinski definition) is 0. The van der Waals surface area contributed by atoms with Gasteiger partial charge in [0.1, 0.15) is 11.5 Å². The molecule has 0 atom stereocenters. The minimum atomic E-state index is 0.00498. The SMILES string of the molecule is CCOc1ccc(-n2nnnc2CN2CCN(C(=O)COc3cccc(C)c3)CC2)cc1. The van der Waals surface area contributed by atoms with E-state index in [1.165, 1.54) is 0 Å². The molecule has 1 saturated heterocycles. The van der Waals surface area contributed by atoms with E-state index < -0.39 is 0 Å². The van der Waals surface area contributed by atoms with Crippen molar-refractivity contribution < 1.29 is 14.3 Å². The van der Waals surface area contributed by atoms with Crippen molar-refractivity contribution in [3.8, 4) is 17.2 Å². The Morgan fingerprint density at radius 2 is 1.78 bits per heavy atom. The zero-order valence-electron chi connectivity index (χ0n) is 18.5. The Kier molecular flexibility index (Phi) is 6.96. The van der Waals surface area contributed by atoms with Crippen LogP contribution in [0.25, 0.3) is 5.69 Å². The van der Waals surface area contributed by atoms with Crippen LogP contribution in [0.2, 0.25) is 0 Å². The van der Waals surface area contributed by atoms with Crippen molar-refractivity contribution in [3.63, 3.8) is 0 Å². The Labute approximate surface area is 187 Å². The Balaban J connectivity index is 1.28. The van der Waals surface area contributed by atoms with Crippen LogP contribution in [0.4, 0.5) is 0 Å². The van der Waals surface area contributed by atoms with E-state index in [9.17, 15) is 4.79 Å². The van der Waals surface area contributed by atoms with Crippen LogP contribution in [0.5, 0.6) is 11.5 Å². The first-order chi connectivity index (χ1) is 15.6. The highest BCUT2D eigenvalue weighted by Gasteiger charge is 2.23. The summed E-state index contributed by atoms with van der Waals surface area (Å²) in [7, 11) is 0. The van der Waals surface area contributed by atoms with Gasteiger partial charge in [-0.15, -0.1) is 5.10 Å². The number of carbonyl (C=O) groups is 1. The van der Waals surface area contributed by atoms with Crippen molar-refractivity contribution in [2.75, 3.05) is 39.4 Å². The quantitative estimate of drug-likeness (QED) is 0.534. The van der Waals surface area contributed by atoms with E-state index in [1.54, 1.807) is 4.68 Å². The number of aryl methyl sites for hydroxylation is 1. The minimum Gasteiger partial charge on any atom is -0.494 e. The fraction of sp³-hybridized carbons (Fsp3) is 0.391. The van der Waals surface area contributed by atoms with Gasteiger partial charge in [-0.3, -0.25) is 9.69 Å². The molecule has 9 nitrogen and oxygen atoms in total. The molecule has 4 rings (SSSR count). The van der Waals surface area contributed by atoms with Gasteiger partial charge in [0, 0.05) is 26.2 Å². The van der Waals surface area contributed by atoms with E-state index in [4.69, 9.17) is 9.47 Å². The minimum absolute atomic E-state index is 0.00498. The molecule has 0 bridgehead atoms. The van der Waals surface area contributed by atoms with Crippen molar-refractivity contribution in [3.05, 3.63) is 59.9 Å². The van der Waals surface area contributed by atoms with E-state index >= 15 is 0 Å². The zero-order chi connectivity index (χ0) is 22.3. The summed E-state index contributed by atoms with van der Waals surface area (Å²) in [6, 6.07) is 15.4. The number of hydrogen-bond acceptors (Lipinski definition) is 7. The summed E-state index contributed by atoms with van der Waals surface area (Å²) < 4.78 is 12.9. The molecular formula is C23H28N6O3. The van der Waals surface area contributed by atoms with Gasteiger partial charge in [-0.2, -0.15) is 4.68 Å². The Hall–Kier alpha value is -3.46. The fourth-order valence-corrected chi connectivity index (χ4v) is 3.65. The number of ether oxygens (including phenoxy) is 2. The van der Waals surface area contributed by atoms with Gasteiger partial charge < -0.3 is 14.4 Å². The molecule has 1 aromatic heterocycles. The third kappa shape index (κ3) is 5.42. The lowest BCUT2D eigenvalue weighted by atomic mass is 10.2. The molecule has 2 aromatic carbocycles. The van der Waals surface area contributed by atoms with Crippen molar-refractivity contribution in [2.24, 2.45) is 0 Å². The Morgan fingerprint density at radius 3 is 2.50 bits per heavy atom. The second kappa shape index (κ2) is 10.2. The molecule has 0 radical (unpaired) electrons. The van der Waals surface area contributed by atoms with Crippen molar-refractivity contribution in [1.82, 2.24) is 30.0 Å². The smallest absolute Gasteiger partial charge is 0.260 e. The van der Waals surface area contributed by atoms with E-state index in [1.807, 2.05) is 67.3 Å². The second-order valence-corrected chi connectivity index (χ2v) is 7.70. The lowest BCUT2D eigenvalue weighted by Crippen LogP contribution is -2.49. The third-order valence-electron chi connectivity index (χ3n) is 5.37. The van der Waals surface area contributed by atoms with E-state index in [0.29, 0.717) is 26.2 Å². The van der Waals surface area contributed by atoms with Crippen LogP contribution >= 0.6 is 0 Å². The van der Waals surface area contributed by atoms with Crippen molar-refractivity contribution in [1.29, 1.82) is 0 Å². The molecule has 2 heterocycles. The number of benzene rings is 2. The molecule has 0 N–H and O–H groups in total. The molecule has 0 aliphatic carbocycles. The number of nitrogens with zero attached hydrogens (tertiary/aromatic N) is 6. The normalized spacial score (nSPS) is 14.4. The highest BCUT2D eigenvalue weighted by atomic mass is 16.5. The van der Waals surface area contributed by atoms with Gasteiger partial charge in [0.25, 0.3) is 5.91 Å². The Morgan fingerprint density at radius 1 is 1.00 bits per heavy atom. The summed E-state index contributed by atoms with van der Waals surface area (Å²) in [5.41, 5.74) is 1.99. The van der Waals surface area contributed by atoms with Crippen LogP contribution in [-0.4, -0.2) is 75.3 Å². The first kappa shape index (κ1) is 21.8. The zero-order valence-corrected chi connectivity index (χ0v) is 18.5. The molecule has 0 unspecified atom stereocenters. The van der Waals surface area contributed by atoms with Crippen LogP contribution < -0.4 is 9.47 Å². The van der Waals surface area contributed by atoms with Gasteiger partial charge in [0.2, 0.25) is 0 Å². The van der Waals surface area contributed by atoms with Gasteiger partial charge in [0.15, 0.2) is 12.4 Å². The largest absolute Gasteiger partial charge is 0.494 e. The number of tetrazole rings is 1. The maximum Gasteiger partial charge on any atom is 0.260 e. The fourth-order valence-electron chi connectivity index (χ4n) is 3.65. The number of amides is 1. The standard InChI is InChI=1S/C23H28N6O3/c1-3-31-20-9-7-19(8-10-20)29-22(24-25-26-29)16-27-11-13-28(14-12-27)23(30)17-32-21-6-4-5-18(2)15-21/h4-10,15H,3,11-14,16-17H2,1-2H3. The Bertz CT molecular complexity index is 1030. The lowest BCUT2D eigenvalue weighted by molar-refractivity contribution is -0.135. The maximum absolute atomic E-state index is 12.5.